The second-order valence-corrected chi connectivity index (χ2v) is 5.15. The van der Waals surface area contributed by atoms with Gasteiger partial charge in [-0.3, -0.25) is 10.1 Å². The molecular weight excluding hydrogens is 243 g/mol. The third-order valence-corrected chi connectivity index (χ3v) is 3.80. The van der Waals surface area contributed by atoms with Crippen molar-refractivity contribution in [2.75, 3.05) is 16.8 Å². The zero-order valence-electron chi connectivity index (χ0n) is 9.19. The van der Waals surface area contributed by atoms with Crippen LogP contribution in [0.3, 0.4) is 0 Å². The van der Waals surface area contributed by atoms with Gasteiger partial charge < -0.3 is 5.32 Å². The third kappa shape index (κ3) is 2.88. The molecule has 0 spiro atoms. The van der Waals surface area contributed by atoms with E-state index in [-0.39, 0.29) is 11.7 Å². The van der Waals surface area contributed by atoms with Crippen LogP contribution >= 0.6 is 11.8 Å². The average molecular weight is 256 g/mol. The van der Waals surface area contributed by atoms with Gasteiger partial charge in [-0.25, -0.2) is 0 Å². The van der Waals surface area contributed by atoms with Crippen molar-refractivity contribution in [2.24, 2.45) is 0 Å². The van der Waals surface area contributed by atoms with Gasteiger partial charge in [-0.2, -0.15) is 16.2 Å². The first-order chi connectivity index (χ1) is 8.18. The van der Waals surface area contributed by atoms with Gasteiger partial charge in [0.05, 0.1) is 4.92 Å². The SMILES string of the molecule is O=[N+]([O-])c1c(F)cccc1NC1CCSCC1. The number of benzene rings is 1. The minimum absolute atomic E-state index is 0.205. The molecular formula is C11H13FN2O2S. The van der Waals surface area contributed by atoms with E-state index in [0.717, 1.165) is 30.4 Å². The number of nitrogens with zero attached hydrogens (tertiary/aromatic N) is 1. The maximum atomic E-state index is 13.4. The van der Waals surface area contributed by atoms with Crippen molar-refractivity contribution >= 4 is 23.1 Å². The van der Waals surface area contributed by atoms with Gasteiger partial charge >= 0.3 is 5.69 Å². The largest absolute Gasteiger partial charge is 0.377 e. The molecule has 17 heavy (non-hydrogen) atoms. The van der Waals surface area contributed by atoms with E-state index in [1.807, 2.05) is 11.8 Å². The number of hydrogen-bond donors (Lipinski definition) is 1. The molecule has 0 aliphatic carbocycles. The molecule has 0 radical (unpaired) electrons. The third-order valence-electron chi connectivity index (χ3n) is 2.75. The molecule has 0 amide bonds. The minimum Gasteiger partial charge on any atom is -0.377 e. The van der Waals surface area contributed by atoms with E-state index in [1.165, 1.54) is 6.07 Å². The van der Waals surface area contributed by atoms with E-state index in [0.29, 0.717) is 0 Å². The average Bonchev–Trinajstić information content (AvgIpc) is 2.30. The number of halogens is 1. The van der Waals surface area contributed by atoms with Crippen molar-refractivity contribution in [3.63, 3.8) is 0 Å². The highest BCUT2D eigenvalue weighted by Gasteiger charge is 2.22. The Hall–Kier alpha value is -1.30. The molecule has 1 fully saturated rings. The summed E-state index contributed by atoms with van der Waals surface area (Å²) >= 11 is 1.87. The van der Waals surface area contributed by atoms with Crippen LogP contribution in [0.5, 0.6) is 0 Å². The molecule has 0 bridgehead atoms. The fourth-order valence-corrected chi connectivity index (χ4v) is 2.99. The number of hydrogen-bond acceptors (Lipinski definition) is 4. The van der Waals surface area contributed by atoms with Gasteiger partial charge in [0.25, 0.3) is 0 Å². The summed E-state index contributed by atoms with van der Waals surface area (Å²) in [5, 5.41) is 13.9. The number of nitro groups is 1. The normalized spacial score (nSPS) is 16.8. The highest BCUT2D eigenvalue weighted by Crippen LogP contribution is 2.29. The van der Waals surface area contributed by atoms with Crippen LogP contribution < -0.4 is 5.32 Å². The van der Waals surface area contributed by atoms with E-state index in [4.69, 9.17) is 0 Å². The Bertz CT molecular complexity index is 422. The quantitative estimate of drug-likeness (QED) is 0.667. The van der Waals surface area contributed by atoms with Crippen LogP contribution in [0.15, 0.2) is 18.2 Å². The second-order valence-electron chi connectivity index (χ2n) is 3.92. The molecule has 0 saturated carbocycles. The fraction of sp³-hybridized carbons (Fsp3) is 0.455. The summed E-state index contributed by atoms with van der Waals surface area (Å²) in [5.41, 5.74) is -0.169. The number of para-hydroxylation sites is 1. The predicted molar refractivity (Wildman–Crippen MR) is 67.0 cm³/mol. The Kier molecular flexibility index (Phi) is 3.83. The molecule has 6 heteroatoms. The zero-order valence-corrected chi connectivity index (χ0v) is 10.0. The van der Waals surface area contributed by atoms with Gasteiger partial charge in [-0.05, 0) is 36.5 Å². The second kappa shape index (κ2) is 5.35. The predicted octanol–water partition coefficient (Wildman–Crippen LogP) is 3.04. The summed E-state index contributed by atoms with van der Waals surface area (Å²) in [4.78, 5) is 10.1. The molecule has 1 aromatic rings. The van der Waals surface area contributed by atoms with Gasteiger partial charge in [-0.15, -0.1) is 0 Å². The lowest BCUT2D eigenvalue weighted by molar-refractivity contribution is -0.386. The first-order valence-electron chi connectivity index (χ1n) is 5.45. The summed E-state index contributed by atoms with van der Waals surface area (Å²) in [7, 11) is 0. The van der Waals surface area contributed by atoms with Crippen molar-refractivity contribution in [3.05, 3.63) is 34.1 Å². The lowest BCUT2D eigenvalue weighted by atomic mass is 10.1. The molecule has 1 aromatic carbocycles. The summed E-state index contributed by atoms with van der Waals surface area (Å²) in [6, 6.07) is 4.36. The molecule has 1 aliphatic rings. The number of nitro benzene ring substituents is 1. The number of thioether (sulfide) groups is 1. The first kappa shape index (κ1) is 12.2. The van der Waals surface area contributed by atoms with Crippen molar-refractivity contribution < 1.29 is 9.31 Å². The van der Waals surface area contributed by atoms with Gasteiger partial charge in [0, 0.05) is 6.04 Å². The van der Waals surface area contributed by atoms with Crippen LogP contribution in [0.2, 0.25) is 0 Å². The molecule has 92 valence electrons. The molecule has 2 rings (SSSR count). The molecule has 0 atom stereocenters. The number of rotatable bonds is 3. The standard InChI is InChI=1S/C11H13FN2O2S/c12-9-2-1-3-10(11(9)14(15)16)13-8-4-6-17-7-5-8/h1-3,8,13H,4-7H2. The van der Waals surface area contributed by atoms with Crippen molar-refractivity contribution in [2.45, 2.75) is 18.9 Å². The van der Waals surface area contributed by atoms with E-state index in [1.54, 1.807) is 6.07 Å². The molecule has 1 N–H and O–H groups in total. The van der Waals surface area contributed by atoms with Gasteiger partial charge in [0.2, 0.25) is 5.82 Å². The van der Waals surface area contributed by atoms with E-state index < -0.39 is 16.4 Å². The monoisotopic (exact) mass is 256 g/mol. The zero-order chi connectivity index (χ0) is 12.3. The van der Waals surface area contributed by atoms with Crippen LogP contribution in [0.25, 0.3) is 0 Å². The Morgan fingerprint density at radius 2 is 2.12 bits per heavy atom. The van der Waals surface area contributed by atoms with Gasteiger partial charge in [0.15, 0.2) is 0 Å². The van der Waals surface area contributed by atoms with Crippen LogP contribution in [-0.2, 0) is 0 Å². The summed E-state index contributed by atoms with van der Waals surface area (Å²) < 4.78 is 13.4. The van der Waals surface area contributed by atoms with Crippen LogP contribution in [0.4, 0.5) is 15.8 Å². The maximum Gasteiger partial charge on any atom is 0.327 e. The molecule has 1 heterocycles. The van der Waals surface area contributed by atoms with E-state index in [9.17, 15) is 14.5 Å². The lowest BCUT2D eigenvalue weighted by Crippen LogP contribution is -2.25. The Balaban J connectivity index is 2.19. The van der Waals surface area contributed by atoms with Crippen molar-refractivity contribution in [1.82, 2.24) is 0 Å². The van der Waals surface area contributed by atoms with Gasteiger partial charge in [-0.1, -0.05) is 6.07 Å². The minimum atomic E-state index is -0.787. The molecule has 0 unspecified atom stereocenters. The highest BCUT2D eigenvalue weighted by molar-refractivity contribution is 7.99. The van der Waals surface area contributed by atoms with E-state index >= 15 is 0 Å². The van der Waals surface area contributed by atoms with Crippen LogP contribution in [-0.4, -0.2) is 22.5 Å². The molecule has 1 aliphatic heterocycles. The number of anilines is 1. The lowest BCUT2D eigenvalue weighted by Gasteiger charge is -2.23. The maximum absolute atomic E-state index is 13.4. The summed E-state index contributed by atoms with van der Waals surface area (Å²) in [6.07, 6.45) is 1.91. The smallest absolute Gasteiger partial charge is 0.327 e. The van der Waals surface area contributed by atoms with Crippen molar-refractivity contribution in [3.8, 4) is 0 Å². The van der Waals surface area contributed by atoms with Crippen LogP contribution in [0, 0.1) is 15.9 Å². The highest BCUT2D eigenvalue weighted by atomic mass is 32.2. The van der Waals surface area contributed by atoms with Gasteiger partial charge in [0.1, 0.15) is 5.69 Å². The van der Waals surface area contributed by atoms with E-state index in [2.05, 4.69) is 5.32 Å². The Morgan fingerprint density at radius 1 is 1.41 bits per heavy atom. The first-order valence-corrected chi connectivity index (χ1v) is 6.61. The van der Waals surface area contributed by atoms with Crippen molar-refractivity contribution in [1.29, 1.82) is 0 Å². The topological polar surface area (TPSA) is 55.2 Å². The Labute approximate surface area is 103 Å². The molecule has 0 aromatic heterocycles. The summed E-state index contributed by atoms with van der Waals surface area (Å²) in [6.45, 7) is 0. The number of nitrogens with one attached hydrogen (secondary N) is 1. The van der Waals surface area contributed by atoms with Crippen LogP contribution in [0.1, 0.15) is 12.8 Å². The molecule has 1 saturated heterocycles. The summed E-state index contributed by atoms with van der Waals surface area (Å²) in [5.74, 6) is 1.30. The molecule has 4 nitrogen and oxygen atoms in total. The Morgan fingerprint density at radius 3 is 2.76 bits per heavy atom. The fourth-order valence-electron chi connectivity index (χ4n) is 1.88.